The molecule has 138 valence electrons. The summed E-state index contributed by atoms with van der Waals surface area (Å²) < 4.78 is 0. The van der Waals surface area contributed by atoms with Crippen molar-refractivity contribution in [3.8, 4) is 11.3 Å². The number of carbonyl (C=O) groups excluding carboxylic acids is 1. The number of anilines is 1. The summed E-state index contributed by atoms with van der Waals surface area (Å²) in [6.07, 6.45) is 1.80. The second-order valence-electron chi connectivity index (χ2n) is 6.93. The molecule has 1 fully saturated rings. The minimum Gasteiger partial charge on any atom is -0.353 e. The number of aryl methyl sites for hydroxylation is 2. The molecule has 4 rings (SSSR count). The molecule has 27 heavy (non-hydrogen) atoms. The van der Waals surface area contributed by atoms with E-state index in [0.717, 1.165) is 30.2 Å². The molecule has 1 aliphatic heterocycles. The maximum atomic E-state index is 12.8. The molecule has 3 aromatic rings. The fraction of sp³-hybridized carbons (Fsp3) is 0.286. The van der Waals surface area contributed by atoms with Crippen molar-refractivity contribution in [2.24, 2.45) is 0 Å². The van der Waals surface area contributed by atoms with E-state index in [0.29, 0.717) is 18.8 Å². The van der Waals surface area contributed by atoms with Gasteiger partial charge in [-0.05, 0) is 49.2 Å². The van der Waals surface area contributed by atoms with E-state index < -0.39 is 0 Å². The normalized spacial score (nSPS) is 14.4. The zero-order valence-corrected chi connectivity index (χ0v) is 15.6. The number of H-pyrrole nitrogens is 1. The summed E-state index contributed by atoms with van der Waals surface area (Å²) in [5, 5.41) is 7.25. The Balaban J connectivity index is 1.43. The maximum absolute atomic E-state index is 12.8. The Hall–Kier alpha value is -3.15. The van der Waals surface area contributed by atoms with E-state index in [-0.39, 0.29) is 5.91 Å². The van der Waals surface area contributed by atoms with Gasteiger partial charge in [0.25, 0.3) is 5.91 Å². The number of pyridine rings is 1. The van der Waals surface area contributed by atoms with Crippen LogP contribution in [0.5, 0.6) is 0 Å². The molecule has 2 aromatic heterocycles. The third-order valence-corrected chi connectivity index (χ3v) is 5.15. The van der Waals surface area contributed by atoms with Crippen LogP contribution in [0.25, 0.3) is 11.3 Å². The Morgan fingerprint density at radius 2 is 1.81 bits per heavy atom. The molecular formula is C21H23N5O. The van der Waals surface area contributed by atoms with Gasteiger partial charge in [0, 0.05) is 37.9 Å². The van der Waals surface area contributed by atoms with Crippen molar-refractivity contribution >= 4 is 11.7 Å². The van der Waals surface area contributed by atoms with Gasteiger partial charge in [-0.1, -0.05) is 18.2 Å². The quantitative estimate of drug-likeness (QED) is 0.779. The Kier molecular flexibility index (Phi) is 4.62. The highest BCUT2D eigenvalue weighted by Crippen LogP contribution is 2.22. The lowest BCUT2D eigenvalue weighted by atomic mass is 10.0. The minimum absolute atomic E-state index is 0.00162. The predicted molar refractivity (Wildman–Crippen MR) is 106 cm³/mol. The van der Waals surface area contributed by atoms with Gasteiger partial charge in [0.2, 0.25) is 0 Å². The van der Waals surface area contributed by atoms with Gasteiger partial charge in [-0.15, -0.1) is 0 Å². The number of piperazine rings is 1. The largest absolute Gasteiger partial charge is 0.353 e. The number of aromatic nitrogens is 3. The minimum atomic E-state index is -0.00162. The lowest BCUT2D eigenvalue weighted by molar-refractivity contribution is 0.0740. The smallest absolute Gasteiger partial charge is 0.272 e. The first-order chi connectivity index (χ1) is 13.1. The first kappa shape index (κ1) is 17.3. The topological polar surface area (TPSA) is 65.1 Å². The Labute approximate surface area is 158 Å². The fourth-order valence-corrected chi connectivity index (χ4v) is 3.33. The summed E-state index contributed by atoms with van der Waals surface area (Å²) in [4.78, 5) is 21.3. The molecule has 0 atom stereocenters. The van der Waals surface area contributed by atoms with Crippen LogP contribution in [-0.4, -0.2) is 52.2 Å². The molecule has 0 saturated carbocycles. The van der Waals surface area contributed by atoms with Crippen LogP contribution in [0.2, 0.25) is 0 Å². The monoisotopic (exact) mass is 361 g/mol. The SMILES string of the molecule is Cc1ccc(-c2cc(C(=O)N3CCN(c4ccccn4)CC3)[nH]n2)cc1C. The first-order valence-corrected chi connectivity index (χ1v) is 9.20. The van der Waals surface area contributed by atoms with E-state index >= 15 is 0 Å². The number of aromatic amines is 1. The second-order valence-corrected chi connectivity index (χ2v) is 6.93. The number of carbonyl (C=O) groups is 1. The van der Waals surface area contributed by atoms with Crippen molar-refractivity contribution in [3.63, 3.8) is 0 Å². The van der Waals surface area contributed by atoms with E-state index in [9.17, 15) is 4.79 Å². The van der Waals surface area contributed by atoms with Gasteiger partial charge >= 0.3 is 0 Å². The number of rotatable bonds is 3. The summed E-state index contributed by atoms with van der Waals surface area (Å²) in [6.45, 7) is 7.07. The van der Waals surface area contributed by atoms with Crippen molar-refractivity contribution in [1.82, 2.24) is 20.1 Å². The van der Waals surface area contributed by atoms with Crippen LogP contribution in [0.1, 0.15) is 21.6 Å². The molecule has 0 spiro atoms. The van der Waals surface area contributed by atoms with E-state index in [1.165, 1.54) is 11.1 Å². The molecular weight excluding hydrogens is 338 g/mol. The molecule has 0 bridgehead atoms. The lowest BCUT2D eigenvalue weighted by Gasteiger charge is -2.35. The lowest BCUT2D eigenvalue weighted by Crippen LogP contribution is -2.49. The summed E-state index contributed by atoms with van der Waals surface area (Å²) in [5.74, 6) is 0.960. The highest BCUT2D eigenvalue weighted by atomic mass is 16.2. The predicted octanol–water partition coefficient (Wildman–Crippen LogP) is 3.05. The number of hydrogen-bond donors (Lipinski definition) is 1. The second kappa shape index (κ2) is 7.23. The Morgan fingerprint density at radius 3 is 2.52 bits per heavy atom. The maximum Gasteiger partial charge on any atom is 0.272 e. The Morgan fingerprint density at radius 1 is 1.00 bits per heavy atom. The van der Waals surface area contributed by atoms with Gasteiger partial charge in [0.15, 0.2) is 0 Å². The molecule has 1 aromatic carbocycles. The van der Waals surface area contributed by atoms with Gasteiger partial charge in [-0.25, -0.2) is 4.98 Å². The molecule has 1 saturated heterocycles. The van der Waals surface area contributed by atoms with Crippen LogP contribution < -0.4 is 4.90 Å². The standard InChI is InChI=1S/C21H23N5O/c1-15-6-7-17(13-16(15)2)18-14-19(24-23-18)21(27)26-11-9-25(10-12-26)20-5-3-4-8-22-20/h3-8,13-14H,9-12H2,1-2H3,(H,23,24). The van der Waals surface area contributed by atoms with Crippen LogP contribution in [-0.2, 0) is 0 Å². The van der Waals surface area contributed by atoms with Crippen molar-refractivity contribution in [3.05, 3.63) is 65.5 Å². The van der Waals surface area contributed by atoms with Gasteiger partial charge in [-0.3, -0.25) is 9.89 Å². The van der Waals surface area contributed by atoms with Crippen LogP contribution in [0, 0.1) is 13.8 Å². The average molecular weight is 361 g/mol. The molecule has 1 N–H and O–H groups in total. The van der Waals surface area contributed by atoms with E-state index in [2.05, 4.69) is 46.1 Å². The third-order valence-electron chi connectivity index (χ3n) is 5.15. The van der Waals surface area contributed by atoms with Gasteiger partial charge in [-0.2, -0.15) is 5.10 Å². The molecule has 3 heterocycles. The zero-order chi connectivity index (χ0) is 18.8. The third kappa shape index (κ3) is 3.56. The van der Waals surface area contributed by atoms with Crippen LogP contribution >= 0.6 is 0 Å². The molecule has 1 amide bonds. The van der Waals surface area contributed by atoms with Gasteiger partial charge in [0.05, 0.1) is 5.69 Å². The molecule has 0 radical (unpaired) electrons. The first-order valence-electron chi connectivity index (χ1n) is 9.20. The molecule has 1 aliphatic rings. The van der Waals surface area contributed by atoms with Crippen molar-refractivity contribution in [1.29, 1.82) is 0 Å². The summed E-state index contributed by atoms with van der Waals surface area (Å²) in [7, 11) is 0. The molecule has 0 unspecified atom stereocenters. The van der Waals surface area contributed by atoms with Crippen molar-refractivity contribution < 1.29 is 4.79 Å². The van der Waals surface area contributed by atoms with E-state index in [1.807, 2.05) is 35.2 Å². The van der Waals surface area contributed by atoms with Crippen LogP contribution in [0.15, 0.2) is 48.7 Å². The van der Waals surface area contributed by atoms with E-state index in [1.54, 1.807) is 6.20 Å². The summed E-state index contributed by atoms with van der Waals surface area (Å²) in [6, 6.07) is 14.0. The Bertz CT molecular complexity index is 942. The fourth-order valence-electron chi connectivity index (χ4n) is 3.33. The van der Waals surface area contributed by atoms with E-state index in [4.69, 9.17) is 0 Å². The number of amides is 1. The molecule has 0 aliphatic carbocycles. The number of nitrogens with zero attached hydrogens (tertiary/aromatic N) is 4. The number of benzene rings is 1. The molecule has 6 nitrogen and oxygen atoms in total. The van der Waals surface area contributed by atoms with Crippen molar-refractivity contribution in [2.75, 3.05) is 31.1 Å². The highest BCUT2D eigenvalue weighted by molar-refractivity contribution is 5.93. The summed E-state index contributed by atoms with van der Waals surface area (Å²) in [5.41, 5.74) is 4.82. The highest BCUT2D eigenvalue weighted by Gasteiger charge is 2.24. The van der Waals surface area contributed by atoms with Crippen LogP contribution in [0.3, 0.4) is 0 Å². The van der Waals surface area contributed by atoms with Crippen LogP contribution in [0.4, 0.5) is 5.82 Å². The summed E-state index contributed by atoms with van der Waals surface area (Å²) >= 11 is 0. The van der Waals surface area contributed by atoms with Gasteiger partial charge < -0.3 is 9.80 Å². The zero-order valence-electron chi connectivity index (χ0n) is 15.6. The molecule has 6 heteroatoms. The number of hydrogen-bond acceptors (Lipinski definition) is 4. The van der Waals surface area contributed by atoms with Gasteiger partial charge in [0.1, 0.15) is 11.5 Å². The number of nitrogens with one attached hydrogen (secondary N) is 1. The average Bonchev–Trinajstić information content (AvgIpc) is 3.20. The van der Waals surface area contributed by atoms with Crippen molar-refractivity contribution in [2.45, 2.75) is 13.8 Å².